The molecule has 4 amide bonds. The number of hydrogen-bond acceptors (Lipinski definition) is 7. The minimum absolute atomic E-state index is 0.0453. The summed E-state index contributed by atoms with van der Waals surface area (Å²) in [5, 5.41) is 29.9. The van der Waals surface area contributed by atoms with Crippen molar-refractivity contribution in [2.45, 2.75) is 0 Å². The van der Waals surface area contributed by atoms with Crippen LogP contribution in [0.15, 0.2) is 102 Å². The predicted molar refractivity (Wildman–Crippen MR) is 194 cm³/mol. The molecule has 4 aromatic carbocycles. The van der Waals surface area contributed by atoms with E-state index in [2.05, 4.69) is 56.0 Å². The van der Waals surface area contributed by atoms with Gasteiger partial charge in [-0.2, -0.15) is 0 Å². The smallest absolute Gasteiger partial charge is 0.339 e. The van der Waals surface area contributed by atoms with E-state index in [0.29, 0.717) is 22.5 Å². The number of aromatic carboxylic acids is 2. The summed E-state index contributed by atoms with van der Waals surface area (Å²) in [5.41, 5.74) is 6.43. The molecule has 246 valence electrons. The van der Waals surface area contributed by atoms with Gasteiger partial charge < -0.3 is 15.3 Å². The van der Waals surface area contributed by atoms with Crippen LogP contribution in [0.4, 0.5) is 11.4 Å². The first-order valence-corrected chi connectivity index (χ1v) is 16.1. The molecule has 13 nitrogen and oxygen atoms in total. The van der Waals surface area contributed by atoms with E-state index in [1.165, 1.54) is 47.5 Å². The fraction of sp³-hybridized carbons (Fsp3) is 0. The minimum atomic E-state index is -1.31. The van der Waals surface area contributed by atoms with Crippen molar-refractivity contribution >= 4 is 104 Å². The van der Waals surface area contributed by atoms with E-state index in [-0.39, 0.29) is 22.3 Å². The molecule has 0 atom stereocenters. The molecule has 0 radical (unpaired) electrons. The number of carboxylic acids is 2. The zero-order valence-electron chi connectivity index (χ0n) is 24.8. The van der Waals surface area contributed by atoms with Crippen molar-refractivity contribution in [1.29, 1.82) is 0 Å². The van der Waals surface area contributed by atoms with Crippen LogP contribution in [-0.2, 0) is 19.2 Å². The zero-order chi connectivity index (χ0) is 35.4. The number of amides is 4. The van der Waals surface area contributed by atoms with Crippen LogP contribution in [-0.4, -0.2) is 50.9 Å². The van der Waals surface area contributed by atoms with Crippen LogP contribution in [0.2, 0.25) is 0 Å². The molecule has 0 spiro atoms. The fourth-order valence-electron chi connectivity index (χ4n) is 4.57. The normalized spacial score (nSPS) is 15.6. The molecule has 2 aliphatic heterocycles. The van der Waals surface area contributed by atoms with Gasteiger partial charge in [0.25, 0.3) is 23.6 Å². The van der Waals surface area contributed by atoms with Gasteiger partial charge in [-0.3, -0.25) is 30.0 Å². The lowest BCUT2D eigenvalue weighted by atomic mass is 10.1. The van der Waals surface area contributed by atoms with Crippen LogP contribution in [0.5, 0.6) is 5.75 Å². The average Bonchev–Trinajstić information content (AvgIpc) is 3.51. The number of hydrazine groups is 2. The van der Waals surface area contributed by atoms with Crippen molar-refractivity contribution in [2.75, 3.05) is 10.0 Å². The minimum Gasteiger partial charge on any atom is -0.507 e. The van der Waals surface area contributed by atoms with Crippen LogP contribution < -0.4 is 20.9 Å². The molecule has 0 aromatic heterocycles. The first-order chi connectivity index (χ1) is 23.3. The number of aromatic hydroxyl groups is 1. The van der Waals surface area contributed by atoms with E-state index in [1.807, 2.05) is 12.1 Å². The van der Waals surface area contributed by atoms with Gasteiger partial charge in [0.05, 0.1) is 16.9 Å². The summed E-state index contributed by atoms with van der Waals surface area (Å²) >= 11 is 4.27. The lowest BCUT2D eigenvalue weighted by molar-refractivity contribution is -0.118. The highest BCUT2D eigenvalue weighted by Gasteiger charge is 2.35. The number of halogens is 2. The molecular formula is C34H22I2N4O9. The Morgan fingerprint density at radius 3 is 1.53 bits per heavy atom. The maximum atomic E-state index is 12.5. The monoisotopic (exact) mass is 884 g/mol. The SMILES string of the molecule is O=C1NN(c2ccc(I)cc2)C(=O)C1=Cc1ccc(O)c(C(=O)O)c1.O=C1NN(c2ccc(I)cc2)C(=O)C1=Cc1cccc(C(=O)O)c1. The van der Waals surface area contributed by atoms with E-state index in [4.69, 9.17) is 10.2 Å². The van der Waals surface area contributed by atoms with Gasteiger partial charge in [-0.05, 0) is 141 Å². The summed E-state index contributed by atoms with van der Waals surface area (Å²) in [6.07, 6.45) is 2.67. The lowest BCUT2D eigenvalue weighted by Gasteiger charge is -2.14. The van der Waals surface area contributed by atoms with Crippen LogP contribution in [0, 0.1) is 7.14 Å². The first kappa shape index (κ1) is 34.8. The number of benzene rings is 4. The maximum Gasteiger partial charge on any atom is 0.339 e. The van der Waals surface area contributed by atoms with E-state index in [0.717, 1.165) is 12.1 Å². The van der Waals surface area contributed by atoms with E-state index in [9.17, 15) is 33.9 Å². The molecule has 0 aliphatic carbocycles. The second-order valence-corrected chi connectivity index (χ2v) is 12.7. The molecule has 2 fully saturated rings. The Labute approximate surface area is 304 Å². The Kier molecular flexibility index (Phi) is 10.4. The molecule has 0 unspecified atom stereocenters. The Hall–Kier alpha value is -5.56. The van der Waals surface area contributed by atoms with Gasteiger partial charge in [0.1, 0.15) is 22.5 Å². The Morgan fingerprint density at radius 1 is 0.612 bits per heavy atom. The van der Waals surface area contributed by atoms with Crippen LogP contribution in [0.1, 0.15) is 31.8 Å². The van der Waals surface area contributed by atoms with E-state index in [1.54, 1.807) is 48.5 Å². The molecule has 0 saturated carbocycles. The van der Waals surface area contributed by atoms with Crippen molar-refractivity contribution in [3.8, 4) is 5.75 Å². The highest BCUT2D eigenvalue weighted by molar-refractivity contribution is 14.1. The second kappa shape index (κ2) is 14.7. The second-order valence-electron chi connectivity index (χ2n) is 10.2. The van der Waals surface area contributed by atoms with Crippen LogP contribution in [0.25, 0.3) is 12.2 Å². The van der Waals surface area contributed by atoms with E-state index >= 15 is 0 Å². The number of nitrogens with one attached hydrogen (secondary N) is 2. The average molecular weight is 884 g/mol. The number of carbonyl (C=O) groups excluding carboxylic acids is 4. The Morgan fingerprint density at radius 2 is 1.08 bits per heavy atom. The van der Waals surface area contributed by atoms with Gasteiger partial charge in [0.2, 0.25) is 0 Å². The van der Waals surface area contributed by atoms with Crippen molar-refractivity contribution in [2.24, 2.45) is 0 Å². The molecule has 0 bridgehead atoms. The van der Waals surface area contributed by atoms with Crippen molar-refractivity contribution in [3.05, 3.63) is 132 Å². The molecule has 5 N–H and O–H groups in total. The molecule has 4 aromatic rings. The third-order valence-electron chi connectivity index (χ3n) is 6.96. The summed E-state index contributed by atoms with van der Waals surface area (Å²) in [7, 11) is 0. The van der Waals surface area contributed by atoms with Crippen molar-refractivity contribution < 1.29 is 44.1 Å². The predicted octanol–water partition coefficient (Wildman–Crippen LogP) is 4.61. The summed E-state index contributed by atoms with van der Waals surface area (Å²) in [5.74, 6) is -4.92. The first-order valence-electron chi connectivity index (χ1n) is 14.0. The Balaban J connectivity index is 0.000000191. The summed E-state index contributed by atoms with van der Waals surface area (Å²) in [4.78, 5) is 71.3. The number of hydrogen-bond donors (Lipinski definition) is 5. The quantitative estimate of drug-likeness (QED) is 0.105. The lowest BCUT2D eigenvalue weighted by Crippen LogP contribution is -2.35. The number of phenols is 1. The highest BCUT2D eigenvalue weighted by atomic mass is 127. The molecular weight excluding hydrogens is 862 g/mol. The topological polar surface area (TPSA) is 194 Å². The largest absolute Gasteiger partial charge is 0.507 e. The fourth-order valence-corrected chi connectivity index (χ4v) is 5.29. The molecule has 49 heavy (non-hydrogen) atoms. The molecule has 2 heterocycles. The van der Waals surface area contributed by atoms with Crippen molar-refractivity contribution in [3.63, 3.8) is 0 Å². The zero-order valence-corrected chi connectivity index (χ0v) is 29.1. The van der Waals surface area contributed by atoms with Gasteiger partial charge in [-0.1, -0.05) is 18.2 Å². The molecule has 6 rings (SSSR count). The number of anilines is 2. The molecule has 2 saturated heterocycles. The standard InChI is InChI=1S/C17H11IN2O5.C17H11IN2O4/c18-10-2-4-11(5-3-10)20-16(23)13(15(22)19-20)8-9-1-6-14(21)12(7-9)17(24)25;18-12-4-6-13(7-5-12)20-16(22)14(15(21)19-20)9-10-2-1-3-11(8-10)17(23)24/h1-8,21H,(H,19,22)(H,24,25);1-9H,(H,19,21)(H,23,24). The number of nitrogens with zero attached hydrogens (tertiary/aromatic N) is 2. The summed E-state index contributed by atoms with van der Waals surface area (Å²) < 4.78 is 2.00. The third-order valence-corrected chi connectivity index (χ3v) is 8.40. The van der Waals surface area contributed by atoms with Crippen LogP contribution in [0.3, 0.4) is 0 Å². The molecule has 2 aliphatic rings. The number of carbonyl (C=O) groups is 6. The molecule has 15 heteroatoms. The van der Waals surface area contributed by atoms with Gasteiger partial charge in [-0.25, -0.2) is 19.6 Å². The maximum absolute atomic E-state index is 12.5. The van der Waals surface area contributed by atoms with Crippen molar-refractivity contribution in [1.82, 2.24) is 10.9 Å². The van der Waals surface area contributed by atoms with Gasteiger partial charge in [0, 0.05) is 7.14 Å². The number of carboxylic acid groups (broad SMARTS) is 2. The van der Waals surface area contributed by atoms with Gasteiger partial charge in [-0.15, -0.1) is 0 Å². The Bertz CT molecular complexity index is 2100. The summed E-state index contributed by atoms with van der Waals surface area (Å²) in [6, 6.07) is 24.0. The van der Waals surface area contributed by atoms with Crippen LogP contribution >= 0.6 is 45.2 Å². The highest BCUT2D eigenvalue weighted by Crippen LogP contribution is 2.25. The third kappa shape index (κ3) is 7.95. The summed E-state index contributed by atoms with van der Waals surface area (Å²) in [6.45, 7) is 0. The van der Waals surface area contributed by atoms with Gasteiger partial charge in [0.15, 0.2) is 0 Å². The van der Waals surface area contributed by atoms with Gasteiger partial charge >= 0.3 is 11.9 Å². The number of rotatable bonds is 6. The van der Waals surface area contributed by atoms with E-state index < -0.39 is 41.3 Å².